The number of aliphatic imine (C=N–C) groups is 1. The Morgan fingerprint density at radius 1 is 1.26 bits per heavy atom. The highest BCUT2D eigenvalue weighted by molar-refractivity contribution is 14.0. The van der Waals surface area contributed by atoms with Crippen molar-refractivity contribution >= 4 is 29.9 Å². The maximum atomic E-state index is 5.30. The number of nitrogens with one attached hydrogen (secondary N) is 3. The van der Waals surface area contributed by atoms with Gasteiger partial charge >= 0.3 is 0 Å². The number of nitrogens with zero attached hydrogens (tertiary/aromatic N) is 2. The predicted molar refractivity (Wildman–Crippen MR) is 107 cm³/mol. The monoisotopic (exact) mass is 437 g/mol. The lowest BCUT2D eigenvalue weighted by atomic mass is 10.1. The Hall–Kier alpha value is -0.830. The second kappa shape index (κ2) is 10.9. The van der Waals surface area contributed by atoms with Crippen LogP contribution in [0.15, 0.2) is 15.6 Å². The van der Waals surface area contributed by atoms with Crippen LogP contribution in [-0.2, 0) is 6.54 Å². The van der Waals surface area contributed by atoms with Gasteiger partial charge in [0.1, 0.15) is 6.54 Å². The molecule has 0 radical (unpaired) electrons. The van der Waals surface area contributed by atoms with Crippen molar-refractivity contribution in [3.05, 3.63) is 17.5 Å². The van der Waals surface area contributed by atoms with E-state index in [4.69, 9.17) is 4.52 Å². The van der Waals surface area contributed by atoms with E-state index in [9.17, 15) is 0 Å². The minimum absolute atomic E-state index is 0. The Bertz CT molecular complexity index is 465. The van der Waals surface area contributed by atoms with Crippen molar-refractivity contribution in [2.24, 2.45) is 4.99 Å². The summed E-state index contributed by atoms with van der Waals surface area (Å²) in [6.07, 6.45) is 0. The van der Waals surface area contributed by atoms with Crippen molar-refractivity contribution in [1.29, 1.82) is 0 Å². The summed E-state index contributed by atoms with van der Waals surface area (Å²) in [5.41, 5.74) is 1.10. The second-order valence-electron chi connectivity index (χ2n) is 6.67. The maximum Gasteiger partial charge on any atom is 0.191 e. The van der Waals surface area contributed by atoms with Crippen LogP contribution in [0.2, 0.25) is 0 Å². The molecule has 0 spiro atoms. The van der Waals surface area contributed by atoms with Crippen LogP contribution in [-0.4, -0.2) is 36.3 Å². The summed E-state index contributed by atoms with van der Waals surface area (Å²) in [4.78, 5) is 4.52. The zero-order valence-electron chi connectivity index (χ0n) is 15.2. The van der Waals surface area contributed by atoms with Gasteiger partial charge in [0, 0.05) is 31.2 Å². The molecule has 0 saturated heterocycles. The Morgan fingerprint density at radius 2 is 1.96 bits per heavy atom. The molecule has 0 aromatic carbocycles. The third-order valence-corrected chi connectivity index (χ3v) is 2.98. The van der Waals surface area contributed by atoms with Gasteiger partial charge in [0.2, 0.25) is 0 Å². The van der Waals surface area contributed by atoms with E-state index in [1.54, 1.807) is 0 Å². The molecular formula is C16H32IN5O. The first-order valence-electron chi connectivity index (χ1n) is 8.04. The molecule has 0 aliphatic carbocycles. The van der Waals surface area contributed by atoms with Gasteiger partial charge in [-0.1, -0.05) is 19.0 Å². The van der Waals surface area contributed by atoms with Crippen LogP contribution in [0.5, 0.6) is 0 Å². The fraction of sp³-hybridized carbons (Fsp3) is 0.750. The van der Waals surface area contributed by atoms with Gasteiger partial charge in [-0.3, -0.25) is 0 Å². The van der Waals surface area contributed by atoms with Gasteiger partial charge in [-0.2, -0.15) is 0 Å². The molecule has 0 bridgehead atoms. The van der Waals surface area contributed by atoms with Crippen LogP contribution in [0.1, 0.15) is 58.9 Å². The Kier molecular flexibility index (Phi) is 10.5. The average molecular weight is 437 g/mol. The lowest BCUT2D eigenvalue weighted by molar-refractivity contribution is 0.376. The van der Waals surface area contributed by atoms with Crippen LogP contribution < -0.4 is 16.0 Å². The van der Waals surface area contributed by atoms with Gasteiger partial charge in [0.25, 0.3) is 0 Å². The molecule has 3 N–H and O–H groups in total. The first-order valence-corrected chi connectivity index (χ1v) is 8.04. The molecule has 1 aromatic rings. The first kappa shape index (κ1) is 22.2. The minimum atomic E-state index is 0. The van der Waals surface area contributed by atoms with E-state index >= 15 is 0 Å². The zero-order chi connectivity index (χ0) is 16.6. The third kappa shape index (κ3) is 9.80. The number of aromatic nitrogens is 1. The number of rotatable bonds is 7. The normalized spacial score (nSPS) is 12.2. The standard InChI is InChI=1S/C16H31N5O.HI/c1-7-17-15(18-8-9-20-16(4,5)6)19-11-13-10-14(12(2)3)21-22-13;/h10,12,20H,7-9,11H2,1-6H3,(H2,17,18,19);1H. The highest BCUT2D eigenvalue weighted by Crippen LogP contribution is 2.14. The Labute approximate surface area is 157 Å². The van der Waals surface area contributed by atoms with Crippen molar-refractivity contribution in [3.63, 3.8) is 0 Å². The average Bonchev–Trinajstić information content (AvgIpc) is 2.88. The van der Waals surface area contributed by atoms with Crippen LogP contribution >= 0.6 is 24.0 Å². The highest BCUT2D eigenvalue weighted by Gasteiger charge is 2.09. The Morgan fingerprint density at radius 3 is 2.48 bits per heavy atom. The SMILES string of the molecule is CCNC(=NCc1cc(C(C)C)no1)NCCNC(C)(C)C.I. The van der Waals surface area contributed by atoms with Crippen molar-refractivity contribution in [2.45, 2.75) is 59.5 Å². The number of guanidine groups is 1. The minimum Gasteiger partial charge on any atom is -0.359 e. The van der Waals surface area contributed by atoms with Crippen molar-refractivity contribution in [2.75, 3.05) is 19.6 Å². The predicted octanol–water partition coefficient (Wildman–Crippen LogP) is 2.86. The largest absolute Gasteiger partial charge is 0.359 e. The van der Waals surface area contributed by atoms with Crippen LogP contribution in [0.3, 0.4) is 0 Å². The fourth-order valence-electron chi connectivity index (χ4n) is 1.79. The third-order valence-electron chi connectivity index (χ3n) is 2.98. The molecular weight excluding hydrogens is 405 g/mol. The van der Waals surface area contributed by atoms with Gasteiger partial charge < -0.3 is 20.5 Å². The lowest BCUT2D eigenvalue weighted by Gasteiger charge is -2.21. The maximum absolute atomic E-state index is 5.30. The summed E-state index contributed by atoms with van der Waals surface area (Å²) in [5.74, 6) is 1.95. The fourth-order valence-corrected chi connectivity index (χ4v) is 1.79. The second-order valence-corrected chi connectivity index (χ2v) is 6.67. The molecule has 1 heterocycles. The molecule has 0 unspecified atom stereocenters. The van der Waals surface area contributed by atoms with E-state index in [-0.39, 0.29) is 29.5 Å². The quantitative estimate of drug-likeness (QED) is 0.265. The molecule has 1 aromatic heterocycles. The van der Waals surface area contributed by atoms with Gasteiger partial charge in [0.15, 0.2) is 11.7 Å². The molecule has 6 nitrogen and oxygen atoms in total. The van der Waals surface area contributed by atoms with Gasteiger partial charge in [-0.05, 0) is 33.6 Å². The molecule has 0 saturated carbocycles. The molecule has 0 aliphatic rings. The van der Waals surface area contributed by atoms with E-state index in [0.29, 0.717) is 12.5 Å². The smallest absolute Gasteiger partial charge is 0.191 e. The van der Waals surface area contributed by atoms with Crippen LogP contribution in [0, 0.1) is 0 Å². The van der Waals surface area contributed by atoms with Crippen molar-refractivity contribution in [3.8, 4) is 0 Å². The molecule has 0 aliphatic heterocycles. The van der Waals surface area contributed by atoms with Crippen molar-refractivity contribution in [1.82, 2.24) is 21.1 Å². The van der Waals surface area contributed by atoms with E-state index < -0.39 is 0 Å². The number of hydrogen-bond donors (Lipinski definition) is 3. The molecule has 0 amide bonds. The summed E-state index contributed by atoms with van der Waals surface area (Å²) in [7, 11) is 0. The van der Waals surface area contributed by atoms with Gasteiger partial charge in [0.05, 0.1) is 5.69 Å². The zero-order valence-corrected chi connectivity index (χ0v) is 17.5. The van der Waals surface area contributed by atoms with Crippen molar-refractivity contribution < 1.29 is 4.52 Å². The topological polar surface area (TPSA) is 74.5 Å². The summed E-state index contributed by atoms with van der Waals surface area (Å²) < 4.78 is 5.30. The number of hydrogen-bond acceptors (Lipinski definition) is 4. The highest BCUT2D eigenvalue weighted by atomic mass is 127. The summed E-state index contributed by atoms with van der Waals surface area (Å²) in [6, 6.07) is 1.97. The van der Waals surface area contributed by atoms with E-state index in [2.05, 4.69) is 67.6 Å². The van der Waals surface area contributed by atoms with Gasteiger partial charge in [-0.15, -0.1) is 24.0 Å². The van der Waals surface area contributed by atoms with E-state index in [1.165, 1.54) is 0 Å². The molecule has 134 valence electrons. The number of halogens is 1. The first-order chi connectivity index (χ1) is 10.3. The van der Waals surface area contributed by atoms with E-state index in [1.807, 2.05) is 6.07 Å². The Balaban J connectivity index is 0.00000484. The van der Waals surface area contributed by atoms with Crippen LogP contribution in [0.25, 0.3) is 0 Å². The molecule has 7 heteroatoms. The molecule has 0 fully saturated rings. The lowest BCUT2D eigenvalue weighted by Crippen LogP contribution is -2.44. The molecule has 0 atom stereocenters. The summed E-state index contributed by atoms with van der Waals surface area (Å²) in [6.45, 7) is 15.7. The van der Waals surface area contributed by atoms with Crippen LogP contribution in [0.4, 0.5) is 0 Å². The van der Waals surface area contributed by atoms with E-state index in [0.717, 1.165) is 37.0 Å². The molecule has 1 rings (SSSR count). The summed E-state index contributed by atoms with van der Waals surface area (Å²) in [5, 5.41) is 14.0. The van der Waals surface area contributed by atoms with Gasteiger partial charge in [-0.25, -0.2) is 4.99 Å². The summed E-state index contributed by atoms with van der Waals surface area (Å²) >= 11 is 0. The molecule has 23 heavy (non-hydrogen) atoms.